The lowest BCUT2D eigenvalue weighted by Gasteiger charge is -2.44. The van der Waals surface area contributed by atoms with Crippen LogP contribution in [0.5, 0.6) is 0 Å². The van der Waals surface area contributed by atoms with E-state index in [2.05, 4.69) is 34.3 Å². The lowest BCUT2D eigenvalue weighted by atomic mass is 9.60. The van der Waals surface area contributed by atoms with E-state index in [0.717, 1.165) is 11.8 Å². The molecule has 3 unspecified atom stereocenters. The Bertz CT molecular complexity index is 396. The first-order valence-electron chi connectivity index (χ1n) is 6.79. The van der Waals surface area contributed by atoms with Gasteiger partial charge in [0.05, 0.1) is 0 Å². The molecule has 0 saturated heterocycles. The maximum absolute atomic E-state index is 4.36. The van der Waals surface area contributed by atoms with Gasteiger partial charge in [0, 0.05) is 0 Å². The highest BCUT2D eigenvalue weighted by Gasteiger charge is 2.58. The van der Waals surface area contributed by atoms with E-state index in [1.807, 2.05) is 0 Å². The lowest BCUT2D eigenvalue weighted by Crippen LogP contribution is -2.34. The molecule has 0 heteroatoms. The molecule has 2 fully saturated rings. The van der Waals surface area contributed by atoms with Crippen molar-refractivity contribution in [3.8, 4) is 0 Å². The Morgan fingerprint density at radius 3 is 2.69 bits per heavy atom. The first kappa shape index (κ1) is 10.6. The summed E-state index contributed by atoms with van der Waals surface area (Å²) in [6, 6.07) is 0. The van der Waals surface area contributed by atoms with E-state index in [4.69, 9.17) is 0 Å². The third-order valence-electron chi connectivity index (χ3n) is 6.26. The summed E-state index contributed by atoms with van der Waals surface area (Å²) in [7, 11) is 0. The van der Waals surface area contributed by atoms with Crippen LogP contribution >= 0.6 is 0 Å². The molecule has 3 aliphatic carbocycles. The molecule has 3 atom stereocenters. The highest BCUT2D eigenvalue weighted by Crippen LogP contribution is 2.68. The van der Waals surface area contributed by atoms with Crippen LogP contribution in [-0.2, 0) is 0 Å². The maximum Gasteiger partial charge on any atom is -0.00130 e. The van der Waals surface area contributed by atoms with Crippen LogP contribution in [0.2, 0.25) is 0 Å². The molecule has 16 heavy (non-hydrogen) atoms. The fraction of sp³-hybridized carbons (Fsp3) is 0.750. The highest BCUT2D eigenvalue weighted by atomic mass is 14.6. The Kier molecular flexibility index (Phi) is 1.88. The molecule has 88 valence electrons. The van der Waals surface area contributed by atoms with Gasteiger partial charge in [-0.25, -0.2) is 0 Å². The van der Waals surface area contributed by atoms with Crippen LogP contribution < -0.4 is 0 Å². The molecule has 1 spiro atoms. The summed E-state index contributed by atoms with van der Waals surface area (Å²) in [5, 5.41) is 0. The van der Waals surface area contributed by atoms with Crippen molar-refractivity contribution in [3.05, 3.63) is 23.3 Å². The van der Waals surface area contributed by atoms with Crippen LogP contribution in [0.4, 0.5) is 0 Å². The van der Waals surface area contributed by atoms with Crippen LogP contribution in [0.15, 0.2) is 23.3 Å². The van der Waals surface area contributed by atoms with Crippen LogP contribution in [0.3, 0.4) is 0 Å². The number of rotatable bonds is 0. The fourth-order valence-corrected chi connectivity index (χ4v) is 4.90. The second-order valence-electron chi connectivity index (χ2n) is 7.03. The van der Waals surface area contributed by atoms with Gasteiger partial charge in [-0.05, 0) is 60.8 Å². The van der Waals surface area contributed by atoms with Crippen molar-refractivity contribution in [2.75, 3.05) is 0 Å². The Labute approximate surface area is 99.8 Å². The first-order chi connectivity index (χ1) is 7.39. The molecule has 2 bridgehead atoms. The Hall–Kier alpha value is -0.520. The summed E-state index contributed by atoms with van der Waals surface area (Å²) >= 11 is 0. The van der Waals surface area contributed by atoms with Gasteiger partial charge in [-0.15, -0.1) is 0 Å². The molecule has 3 rings (SSSR count). The third-order valence-corrected chi connectivity index (χ3v) is 6.26. The van der Waals surface area contributed by atoms with Gasteiger partial charge in [0.25, 0.3) is 0 Å². The van der Waals surface area contributed by atoms with Crippen LogP contribution in [-0.4, -0.2) is 0 Å². The molecule has 0 radical (unpaired) electrons. The second-order valence-corrected chi connectivity index (χ2v) is 7.03. The van der Waals surface area contributed by atoms with Crippen molar-refractivity contribution in [1.82, 2.24) is 0 Å². The Morgan fingerprint density at radius 2 is 2.00 bits per heavy atom. The van der Waals surface area contributed by atoms with E-state index in [9.17, 15) is 0 Å². The van der Waals surface area contributed by atoms with E-state index in [0.29, 0.717) is 10.8 Å². The Morgan fingerprint density at radius 1 is 1.31 bits per heavy atom. The van der Waals surface area contributed by atoms with Gasteiger partial charge >= 0.3 is 0 Å². The van der Waals surface area contributed by atoms with Crippen molar-refractivity contribution >= 4 is 0 Å². The summed E-state index contributed by atoms with van der Waals surface area (Å²) in [5.41, 5.74) is 5.77. The molecule has 2 saturated carbocycles. The van der Waals surface area contributed by atoms with Gasteiger partial charge in [-0.3, -0.25) is 0 Å². The zero-order valence-electron chi connectivity index (χ0n) is 11.2. The van der Waals surface area contributed by atoms with Crippen molar-refractivity contribution in [1.29, 1.82) is 0 Å². The minimum absolute atomic E-state index is 0.419. The smallest absolute Gasteiger partial charge is 0.00130 e. The number of allylic oxidation sites excluding steroid dienone is 3. The molecule has 0 aromatic carbocycles. The van der Waals surface area contributed by atoms with Crippen molar-refractivity contribution in [2.45, 2.75) is 53.4 Å². The molecule has 0 aromatic rings. The SMILES string of the molecule is C=C1CC(C)C23CCC(C2)C(C)(C)C(C)=C13. The maximum atomic E-state index is 4.36. The number of fused-ring (bicyclic) bond motifs is 1. The summed E-state index contributed by atoms with van der Waals surface area (Å²) in [6.45, 7) is 14.1. The lowest BCUT2D eigenvalue weighted by molar-refractivity contribution is 0.184. The first-order valence-corrected chi connectivity index (χ1v) is 6.79. The van der Waals surface area contributed by atoms with Gasteiger partial charge in [0.1, 0.15) is 0 Å². The number of hydrogen-bond donors (Lipinski definition) is 0. The minimum Gasteiger partial charge on any atom is -0.0955 e. The van der Waals surface area contributed by atoms with Crippen molar-refractivity contribution in [2.24, 2.45) is 22.7 Å². The standard InChI is InChI=1S/C16H24/c1-10-8-11(2)16-7-6-13(9-16)15(4,5)12(3)14(10)16/h11,13H,1,6-9H2,2-5H3. The zero-order chi connectivity index (χ0) is 11.7. The summed E-state index contributed by atoms with van der Waals surface area (Å²) in [5.74, 6) is 1.76. The van der Waals surface area contributed by atoms with E-state index < -0.39 is 0 Å². The van der Waals surface area contributed by atoms with Crippen LogP contribution in [0.25, 0.3) is 0 Å². The highest BCUT2D eigenvalue weighted by molar-refractivity contribution is 5.49. The van der Waals surface area contributed by atoms with Gasteiger partial charge < -0.3 is 0 Å². The van der Waals surface area contributed by atoms with Crippen molar-refractivity contribution < 1.29 is 0 Å². The summed E-state index contributed by atoms with van der Waals surface area (Å²) in [4.78, 5) is 0. The van der Waals surface area contributed by atoms with Crippen LogP contribution in [0.1, 0.15) is 53.4 Å². The summed E-state index contributed by atoms with van der Waals surface area (Å²) < 4.78 is 0. The van der Waals surface area contributed by atoms with Gasteiger partial charge in [-0.2, -0.15) is 0 Å². The molecule has 0 aliphatic heterocycles. The molecule has 0 heterocycles. The molecular formula is C16H24. The topological polar surface area (TPSA) is 0 Å². The third kappa shape index (κ3) is 0.972. The number of hydrogen-bond acceptors (Lipinski definition) is 0. The normalized spacial score (nSPS) is 45.1. The average molecular weight is 216 g/mol. The Balaban J connectivity index is 2.25. The monoisotopic (exact) mass is 216 g/mol. The van der Waals surface area contributed by atoms with E-state index >= 15 is 0 Å². The molecular weight excluding hydrogens is 192 g/mol. The quantitative estimate of drug-likeness (QED) is 0.549. The molecule has 0 amide bonds. The van der Waals surface area contributed by atoms with E-state index in [1.54, 1.807) is 11.1 Å². The molecule has 3 aliphatic rings. The largest absolute Gasteiger partial charge is 0.0955 e. The van der Waals surface area contributed by atoms with Crippen LogP contribution in [0, 0.1) is 22.7 Å². The second kappa shape index (κ2) is 2.83. The fourth-order valence-electron chi connectivity index (χ4n) is 4.90. The predicted molar refractivity (Wildman–Crippen MR) is 69.2 cm³/mol. The molecule has 0 nitrogen and oxygen atoms in total. The van der Waals surface area contributed by atoms with E-state index in [-0.39, 0.29) is 0 Å². The molecule has 0 N–H and O–H groups in total. The predicted octanol–water partition coefficient (Wildman–Crippen LogP) is 4.73. The van der Waals surface area contributed by atoms with Gasteiger partial charge in [0.15, 0.2) is 0 Å². The van der Waals surface area contributed by atoms with E-state index in [1.165, 1.54) is 31.3 Å². The zero-order valence-corrected chi connectivity index (χ0v) is 11.2. The van der Waals surface area contributed by atoms with Gasteiger partial charge in [-0.1, -0.05) is 38.5 Å². The average Bonchev–Trinajstić information content (AvgIpc) is 2.69. The molecule has 0 aromatic heterocycles. The van der Waals surface area contributed by atoms with Crippen molar-refractivity contribution in [3.63, 3.8) is 0 Å². The van der Waals surface area contributed by atoms with Gasteiger partial charge in [0.2, 0.25) is 0 Å². The summed E-state index contributed by atoms with van der Waals surface area (Å²) in [6.07, 6.45) is 5.54. The minimum atomic E-state index is 0.419.